The van der Waals surface area contributed by atoms with Crippen molar-refractivity contribution >= 4 is 17.4 Å². The molecule has 1 aromatic carbocycles. The number of carbonyl (C=O) groups is 1. The van der Waals surface area contributed by atoms with E-state index < -0.39 is 11.5 Å². The van der Waals surface area contributed by atoms with Gasteiger partial charge < -0.3 is 10.0 Å². The van der Waals surface area contributed by atoms with Crippen molar-refractivity contribution in [3.63, 3.8) is 0 Å². The van der Waals surface area contributed by atoms with E-state index >= 15 is 0 Å². The summed E-state index contributed by atoms with van der Waals surface area (Å²) >= 11 is 6.05. The van der Waals surface area contributed by atoms with E-state index in [1.54, 1.807) is 0 Å². The fourth-order valence-electron chi connectivity index (χ4n) is 5.82. The number of carbonyl (C=O) groups excluding carboxylic acids is 1. The van der Waals surface area contributed by atoms with Crippen LogP contribution in [0.4, 0.5) is 0 Å². The molecule has 1 aromatic rings. The number of halogens is 1. The molecule has 3 aliphatic rings. The molecule has 2 heterocycles. The van der Waals surface area contributed by atoms with Crippen molar-refractivity contribution < 1.29 is 9.90 Å². The van der Waals surface area contributed by atoms with Gasteiger partial charge in [0.25, 0.3) is 0 Å². The van der Waals surface area contributed by atoms with E-state index in [9.17, 15) is 9.90 Å². The van der Waals surface area contributed by atoms with Gasteiger partial charge in [-0.25, -0.2) is 0 Å². The second kappa shape index (κ2) is 7.26. The van der Waals surface area contributed by atoms with Gasteiger partial charge in [0.05, 0.1) is 11.5 Å². The van der Waals surface area contributed by atoms with E-state index in [0.717, 1.165) is 44.1 Å². The van der Waals surface area contributed by atoms with Crippen molar-refractivity contribution in [3.05, 3.63) is 34.9 Å². The second-order valence-electron chi connectivity index (χ2n) is 8.85. The van der Waals surface area contributed by atoms with E-state index in [0.29, 0.717) is 29.4 Å². The third-order valence-corrected chi connectivity index (χ3v) is 7.47. The first kappa shape index (κ1) is 18.5. The molecule has 0 radical (unpaired) electrons. The number of piperidine rings is 1. The summed E-state index contributed by atoms with van der Waals surface area (Å²) in [6, 6.07) is 8.83. The van der Waals surface area contributed by atoms with Gasteiger partial charge in [0, 0.05) is 23.5 Å². The lowest BCUT2D eigenvalue weighted by Gasteiger charge is -2.38. The summed E-state index contributed by atoms with van der Waals surface area (Å²) in [6.45, 7) is 0. The van der Waals surface area contributed by atoms with Crippen LogP contribution in [0.2, 0.25) is 5.02 Å². The predicted molar refractivity (Wildman–Crippen MR) is 105 cm³/mol. The standard InChI is InChI=1S/C22H30ClNO2/c1-24-18-8-9-19(24)13-15(12-18)14-20(25)21(22(26)10-2-3-11-22)16-4-6-17(23)7-5-16/h4-7,15,18-19,21,26H,2-3,8-14H2,1H3/t15?,18?,19?,21-/m1/s1. The zero-order valence-corrected chi connectivity index (χ0v) is 16.4. The van der Waals surface area contributed by atoms with Gasteiger partial charge in [-0.1, -0.05) is 36.6 Å². The average molecular weight is 376 g/mol. The van der Waals surface area contributed by atoms with E-state index in [1.165, 1.54) is 12.8 Å². The normalized spacial score (nSPS) is 31.9. The fourth-order valence-corrected chi connectivity index (χ4v) is 5.95. The van der Waals surface area contributed by atoms with Crippen LogP contribution in [0.3, 0.4) is 0 Å². The zero-order chi connectivity index (χ0) is 18.3. The number of fused-ring (bicyclic) bond motifs is 2. The minimum Gasteiger partial charge on any atom is -0.389 e. The molecule has 2 saturated heterocycles. The molecule has 0 aromatic heterocycles. The highest BCUT2D eigenvalue weighted by atomic mass is 35.5. The van der Waals surface area contributed by atoms with E-state index in [4.69, 9.17) is 11.6 Å². The van der Waals surface area contributed by atoms with Gasteiger partial charge >= 0.3 is 0 Å². The quantitative estimate of drug-likeness (QED) is 0.820. The Kier molecular flexibility index (Phi) is 5.15. The summed E-state index contributed by atoms with van der Waals surface area (Å²) in [5.74, 6) is 0.293. The van der Waals surface area contributed by atoms with Crippen LogP contribution in [0, 0.1) is 5.92 Å². The van der Waals surface area contributed by atoms with Crippen LogP contribution in [-0.4, -0.2) is 40.5 Å². The Balaban J connectivity index is 1.54. The minimum atomic E-state index is -0.880. The Hall–Kier alpha value is -0.900. The van der Waals surface area contributed by atoms with Gasteiger partial charge in [0.2, 0.25) is 0 Å². The molecule has 1 N–H and O–H groups in total. The Bertz CT molecular complexity index is 639. The number of benzene rings is 1. The number of aliphatic hydroxyl groups is 1. The lowest BCUT2D eigenvalue weighted by Crippen LogP contribution is -2.42. The minimum absolute atomic E-state index is 0.227. The summed E-state index contributed by atoms with van der Waals surface area (Å²) in [5.41, 5.74) is 0.0507. The van der Waals surface area contributed by atoms with E-state index in [2.05, 4.69) is 11.9 Å². The molecule has 0 spiro atoms. The molecule has 0 amide bonds. The number of Topliss-reactive ketones (excluding diaryl/α,β-unsaturated/α-hetero) is 1. The molecule has 3 fully saturated rings. The SMILES string of the molecule is CN1C2CCC1CC(CC(=O)[C@@H](c1ccc(Cl)cc1)C1(O)CCCC1)C2. The number of rotatable bonds is 5. The average Bonchev–Trinajstić information content (AvgIpc) is 3.10. The largest absolute Gasteiger partial charge is 0.389 e. The molecule has 4 rings (SSSR count). The molecule has 3 atom stereocenters. The maximum absolute atomic E-state index is 13.4. The Morgan fingerprint density at radius 1 is 1.19 bits per heavy atom. The van der Waals surface area contributed by atoms with E-state index in [1.807, 2.05) is 24.3 Å². The van der Waals surface area contributed by atoms with Crippen LogP contribution >= 0.6 is 11.6 Å². The molecule has 1 saturated carbocycles. The van der Waals surface area contributed by atoms with Crippen molar-refractivity contribution in [2.24, 2.45) is 5.92 Å². The zero-order valence-electron chi connectivity index (χ0n) is 15.7. The van der Waals surface area contributed by atoms with Crippen molar-refractivity contribution in [1.29, 1.82) is 0 Å². The Labute approximate surface area is 161 Å². The maximum atomic E-state index is 13.4. The number of hydrogen-bond donors (Lipinski definition) is 1. The lowest BCUT2D eigenvalue weighted by atomic mass is 9.74. The van der Waals surface area contributed by atoms with Crippen molar-refractivity contribution in [3.8, 4) is 0 Å². The summed E-state index contributed by atoms with van der Waals surface area (Å²) in [6.07, 6.45) is 8.88. The van der Waals surface area contributed by atoms with Crippen LogP contribution in [0.5, 0.6) is 0 Å². The second-order valence-corrected chi connectivity index (χ2v) is 9.29. The summed E-state index contributed by atoms with van der Waals surface area (Å²) in [4.78, 5) is 15.9. The Morgan fingerprint density at radius 3 is 2.35 bits per heavy atom. The van der Waals surface area contributed by atoms with Gasteiger partial charge in [-0.3, -0.25) is 4.79 Å². The summed E-state index contributed by atoms with van der Waals surface area (Å²) in [5, 5.41) is 11.9. The summed E-state index contributed by atoms with van der Waals surface area (Å²) < 4.78 is 0. The topological polar surface area (TPSA) is 40.5 Å². The van der Waals surface area contributed by atoms with Gasteiger partial charge in [0.1, 0.15) is 5.78 Å². The van der Waals surface area contributed by atoms with Gasteiger partial charge in [-0.15, -0.1) is 0 Å². The highest BCUT2D eigenvalue weighted by molar-refractivity contribution is 6.30. The molecular weight excluding hydrogens is 346 g/mol. The fraction of sp³-hybridized carbons (Fsp3) is 0.682. The number of ketones is 1. The third kappa shape index (κ3) is 3.46. The van der Waals surface area contributed by atoms with Crippen LogP contribution in [0.15, 0.2) is 24.3 Å². The molecule has 1 aliphatic carbocycles. The molecule has 2 unspecified atom stereocenters. The molecule has 2 aliphatic heterocycles. The van der Waals surface area contributed by atoms with Gasteiger partial charge in [-0.05, 0) is 69.2 Å². The number of hydrogen-bond acceptors (Lipinski definition) is 3. The summed E-state index contributed by atoms with van der Waals surface area (Å²) in [7, 11) is 2.23. The van der Waals surface area contributed by atoms with Crippen LogP contribution < -0.4 is 0 Å². The van der Waals surface area contributed by atoms with Crippen LogP contribution in [0.25, 0.3) is 0 Å². The molecule has 142 valence electrons. The third-order valence-electron chi connectivity index (χ3n) is 7.22. The molecule has 3 nitrogen and oxygen atoms in total. The first-order valence-electron chi connectivity index (χ1n) is 10.2. The molecule has 2 bridgehead atoms. The first-order valence-corrected chi connectivity index (χ1v) is 10.6. The predicted octanol–water partition coefficient (Wildman–Crippen LogP) is 4.56. The van der Waals surface area contributed by atoms with Crippen LogP contribution in [-0.2, 0) is 4.79 Å². The smallest absolute Gasteiger partial charge is 0.143 e. The van der Waals surface area contributed by atoms with Gasteiger partial charge in [0.15, 0.2) is 0 Å². The van der Waals surface area contributed by atoms with E-state index in [-0.39, 0.29) is 5.78 Å². The van der Waals surface area contributed by atoms with Crippen molar-refractivity contribution in [2.45, 2.75) is 81.4 Å². The number of nitrogens with zero attached hydrogens (tertiary/aromatic N) is 1. The first-order chi connectivity index (χ1) is 12.5. The van der Waals surface area contributed by atoms with Crippen LogP contribution in [0.1, 0.15) is 69.3 Å². The molecular formula is C22H30ClNO2. The monoisotopic (exact) mass is 375 g/mol. The van der Waals surface area contributed by atoms with Crippen molar-refractivity contribution in [2.75, 3.05) is 7.05 Å². The van der Waals surface area contributed by atoms with Crippen molar-refractivity contribution in [1.82, 2.24) is 4.90 Å². The molecule has 26 heavy (non-hydrogen) atoms. The lowest BCUT2D eigenvalue weighted by molar-refractivity contribution is -0.128. The molecule has 4 heteroatoms. The Morgan fingerprint density at radius 2 is 1.77 bits per heavy atom. The highest BCUT2D eigenvalue weighted by Crippen LogP contribution is 2.45. The van der Waals surface area contributed by atoms with Gasteiger partial charge in [-0.2, -0.15) is 0 Å². The highest BCUT2D eigenvalue weighted by Gasteiger charge is 2.46. The maximum Gasteiger partial charge on any atom is 0.143 e.